The molecule has 0 aromatic carbocycles. The molecule has 0 aliphatic carbocycles. The Bertz CT molecular complexity index is 336. The molecule has 0 fully saturated rings. The van der Waals surface area contributed by atoms with Crippen LogP contribution in [0.2, 0.25) is 0 Å². The van der Waals surface area contributed by atoms with E-state index in [4.69, 9.17) is 5.73 Å². The number of nitrogens with zero attached hydrogens (tertiary/aromatic N) is 3. The van der Waals surface area contributed by atoms with Gasteiger partial charge in [-0.3, -0.25) is 4.90 Å². The molecule has 17 heavy (non-hydrogen) atoms. The molecule has 1 aromatic heterocycles. The monoisotopic (exact) mass is 254 g/mol. The van der Waals surface area contributed by atoms with E-state index in [0.29, 0.717) is 11.9 Å². The van der Waals surface area contributed by atoms with Gasteiger partial charge in [0.2, 0.25) is 0 Å². The Balaban J connectivity index is 2.68. The van der Waals surface area contributed by atoms with Crippen LogP contribution in [0.4, 0.5) is 5.82 Å². The fourth-order valence-corrected chi connectivity index (χ4v) is 2.70. The third-order valence-corrected chi connectivity index (χ3v) is 3.48. The van der Waals surface area contributed by atoms with Crippen molar-refractivity contribution in [2.75, 3.05) is 24.8 Å². The van der Waals surface area contributed by atoms with Gasteiger partial charge in [-0.25, -0.2) is 9.97 Å². The topological polar surface area (TPSA) is 55.0 Å². The summed E-state index contributed by atoms with van der Waals surface area (Å²) < 4.78 is 0. The fraction of sp³-hybridized carbons (Fsp3) is 0.667. The van der Waals surface area contributed by atoms with Crippen LogP contribution in [0.15, 0.2) is 6.07 Å². The largest absolute Gasteiger partial charge is 0.384 e. The molecule has 2 N–H and O–H groups in total. The standard InChI is InChI=1S/C12H22N4S/c1-5-10(8-17-4)16(3)7-12-14-9(2)6-11(13)15-12/h6,10H,5,7-8H2,1-4H3,(H2,13,14,15). The second-order valence-corrected chi connectivity index (χ2v) is 5.19. The molecule has 0 aliphatic heterocycles. The van der Waals surface area contributed by atoms with E-state index < -0.39 is 0 Å². The highest BCUT2D eigenvalue weighted by molar-refractivity contribution is 7.98. The lowest BCUT2D eigenvalue weighted by Crippen LogP contribution is -2.33. The zero-order valence-electron chi connectivity index (χ0n) is 11.1. The van der Waals surface area contributed by atoms with Gasteiger partial charge in [0.25, 0.3) is 0 Å². The average molecular weight is 254 g/mol. The third kappa shape index (κ3) is 4.52. The summed E-state index contributed by atoms with van der Waals surface area (Å²) in [5.41, 5.74) is 6.66. The lowest BCUT2D eigenvalue weighted by molar-refractivity contribution is 0.242. The van der Waals surface area contributed by atoms with Gasteiger partial charge in [-0.15, -0.1) is 0 Å². The summed E-state index contributed by atoms with van der Waals surface area (Å²) in [5.74, 6) is 2.50. The highest BCUT2D eigenvalue weighted by Gasteiger charge is 2.13. The number of aromatic nitrogens is 2. The first kappa shape index (κ1) is 14.3. The quantitative estimate of drug-likeness (QED) is 0.841. The molecule has 96 valence electrons. The van der Waals surface area contributed by atoms with Crippen molar-refractivity contribution in [2.24, 2.45) is 0 Å². The smallest absolute Gasteiger partial charge is 0.144 e. The van der Waals surface area contributed by atoms with Crippen LogP contribution in [-0.2, 0) is 6.54 Å². The Morgan fingerprint density at radius 2 is 2.18 bits per heavy atom. The van der Waals surface area contributed by atoms with Gasteiger partial charge < -0.3 is 5.73 Å². The first-order valence-corrected chi connectivity index (χ1v) is 7.25. The maximum atomic E-state index is 5.73. The van der Waals surface area contributed by atoms with Crippen molar-refractivity contribution in [3.63, 3.8) is 0 Å². The number of anilines is 1. The van der Waals surface area contributed by atoms with E-state index in [1.165, 1.54) is 0 Å². The van der Waals surface area contributed by atoms with E-state index >= 15 is 0 Å². The highest BCUT2D eigenvalue weighted by Crippen LogP contribution is 2.11. The molecule has 1 rings (SSSR count). The van der Waals surface area contributed by atoms with E-state index in [9.17, 15) is 0 Å². The summed E-state index contributed by atoms with van der Waals surface area (Å²) in [6.45, 7) is 4.91. The number of hydrogen-bond acceptors (Lipinski definition) is 5. The number of aryl methyl sites for hydroxylation is 1. The van der Waals surface area contributed by atoms with Crippen molar-refractivity contribution in [2.45, 2.75) is 32.9 Å². The second-order valence-electron chi connectivity index (χ2n) is 4.28. The summed E-state index contributed by atoms with van der Waals surface area (Å²) >= 11 is 1.87. The van der Waals surface area contributed by atoms with Gasteiger partial charge in [0, 0.05) is 23.6 Å². The molecule has 0 saturated heterocycles. The average Bonchev–Trinajstić information content (AvgIpc) is 2.24. The number of nitrogens with two attached hydrogens (primary N) is 1. The molecule has 0 spiro atoms. The Morgan fingerprint density at radius 1 is 1.47 bits per heavy atom. The lowest BCUT2D eigenvalue weighted by Gasteiger charge is -2.25. The minimum atomic E-state index is 0.554. The zero-order chi connectivity index (χ0) is 12.8. The van der Waals surface area contributed by atoms with E-state index in [0.717, 1.165) is 30.2 Å². The summed E-state index contributed by atoms with van der Waals surface area (Å²) in [6, 6.07) is 2.36. The summed E-state index contributed by atoms with van der Waals surface area (Å²) in [4.78, 5) is 11.0. The fourth-order valence-electron chi connectivity index (χ4n) is 1.83. The minimum Gasteiger partial charge on any atom is -0.384 e. The molecular formula is C12H22N4S. The van der Waals surface area contributed by atoms with Gasteiger partial charge in [0.1, 0.15) is 11.6 Å². The minimum absolute atomic E-state index is 0.554. The van der Waals surface area contributed by atoms with Gasteiger partial charge in [0.15, 0.2) is 0 Å². The molecular weight excluding hydrogens is 232 g/mol. The summed E-state index contributed by atoms with van der Waals surface area (Å²) in [5, 5.41) is 0. The highest BCUT2D eigenvalue weighted by atomic mass is 32.2. The number of thioether (sulfide) groups is 1. The van der Waals surface area contributed by atoms with Gasteiger partial charge in [-0.05, 0) is 26.6 Å². The Kier molecular flexibility index (Phi) is 5.71. The molecule has 5 heteroatoms. The Labute approximate surface area is 108 Å². The van der Waals surface area contributed by atoms with Crippen molar-refractivity contribution < 1.29 is 0 Å². The van der Waals surface area contributed by atoms with Crippen LogP contribution in [0, 0.1) is 6.92 Å². The molecule has 1 heterocycles. The molecule has 1 unspecified atom stereocenters. The van der Waals surface area contributed by atoms with Gasteiger partial charge in [-0.1, -0.05) is 6.92 Å². The molecule has 0 bridgehead atoms. The van der Waals surface area contributed by atoms with Crippen LogP contribution in [0.3, 0.4) is 0 Å². The molecule has 4 nitrogen and oxygen atoms in total. The van der Waals surface area contributed by atoms with E-state index in [2.05, 4.69) is 35.1 Å². The maximum absolute atomic E-state index is 5.73. The molecule has 0 amide bonds. The molecule has 0 radical (unpaired) electrons. The van der Waals surface area contributed by atoms with Crippen LogP contribution in [0.25, 0.3) is 0 Å². The lowest BCUT2D eigenvalue weighted by atomic mass is 10.2. The van der Waals surface area contributed by atoms with Gasteiger partial charge in [0.05, 0.1) is 6.54 Å². The second kappa shape index (κ2) is 6.81. The van der Waals surface area contributed by atoms with E-state index in [-0.39, 0.29) is 0 Å². The van der Waals surface area contributed by atoms with Crippen molar-refractivity contribution in [1.82, 2.24) is 14.9 Å². The van der Waals surface area contributed by atoms with Crippen molar-refractivity contribution in [1.29, 1.82) is 0 Å². The SMILES string of the molecule is CCC(CSC)N(C)Cc1nc(C)cc(N)n1. The summed E-state index contributed by atoms with van der Waals surface area (Å²) in [7, 11) is 2.12. The zero-order valence-corrected chi connectivity index (χ0v) is 11.9. The normalized spacial score (nSPS) is 13.0. The molecule has 0 saturated carbocycles. The predicted molar refractivity (Wildman–Crippen MR) is 75.1 cm³/mol. The Hall–Kier alpha value is -0.810. The first-order chi connectivity index (χ1) is 8.06. The Morgan fingerprint density at radius 3 is 2.71 bits per heavy atom. The van der Waals surface area contributed by atoms with Crippen LogP contribution in [0.5, 0.6) is 0 Å². The van der Waals surface area contributed by atoms with Crippen molar-refractivity contribution >= 4 is 17.6 Å². The van der Waals surface area contributed by atoms with Gasteiger partial charge >= 0.3 is 0 Å². The van der Waals surface area contributed by atoms with Crippen LogP contribution >= 0.6 is 11.8 Å². The molecule has 1 aromatic rings. The van der Waals surface area contributed by atoms with E-state index in [1.54, 1.807) is 6.07 Å². The predicted octanol–water partition coefficient (Wildman–Crippen LogP) is 1.94. The van der Waals surface area contributed by atoms with Crippen molar-refractivity contribution in [3.05, 3.63) is 17.6 Å². The van der Waals surface area contributed by atoms with Gasteiger partial charge in [-0.2, -0.15) is 11.8 Å². The number of hydrogen-bond donors (Lipinski definition) is 1. The number of nitrogen functional groups attached to an aromatic ring is 1. The third-order valence-electron chi connectivity index (χ3n) is 2.76. The van der Waals surface area contributed by atoms with E-state index in [1.807, 2.05) is 18.7 Å². The molecule has 1 atom stereocenters. The van der Waals surface area contributed by atoms with Crippen LogP contribution in [0.1, 0.15) is 24.9 Å². The maximum Gasteiger partial charge on any atom is 0.144 e. The van der Waals surface area contributed by atoms with Crippen LogP contribution < -0.4 is 5.73 Å². The summed E-state index contributed by atoms with van der Waals surface area (Å²) in [6.07, 6.45) is 3.27. The van der Waals surface area contributed by atoms with Crippen molar-refractivity contribution in [3.8, 4) is 0 Å². The molecule has 0 aliphatic rings. The van der Waals surface area contributed by atoms with Crippen LogP contribution in [-0.4, -0.2) is 40.0 Å². The first-order valence-electron chi connectivity index (χ1n) is 5.86. The number of rotatable bonds is 6.